The Morgan fingerprint density at radius 1 is 1.47 bits per heavy atom. The highest BCUT2D eigenvalue weighted by atomic mass is 127. The molecule has 4 heteroatoms. The molecular weight excluding hydrogens is 329 g/mol. The minimum Gasteiger partial charge on any atom is -0.444 e. The molecule has 98 valence electrons. The summed E-state index contributed by atoms with van der Waals surface area (Å²) in [6, 6.07) is 0. The van der Waals surface area contributed by atoms with Crippen molar-refractivity contribution in [2.75, 3.05) is 6.54 Å². The molecule has 1 N–H and O–H groups in total. The molecule has 0 atom stereocenters. The van der Waals surface area contributed by atoms with Gasteiger partial charge in [-0.05, 0) is 58.9 Å². The highest BCUT2D eigenvalue weighted by molar-refractivity contribution is 14.1. The summed E-state index contributed by atoms with van der Waals surface area (Å²) >= 11 is 2.29. The highest BCUT2D eigenvalue weighted by Crippen LogP contribution is 2.19. The van der Waals surface area contributed by atoms with Gasteiger partial charge in [-0.15, -0.1) is 0 Å². The molecule has 0 aliphatic carbocycles. The molecule has 0 saturated heterocycles. The van der Waals surface area contributed by atoms with Crippen LogP contribution in [0.4, 0.5) is 4.79 Å². The lowest BCUT2D eigenvalue weighted by molar-refractivity contribution is 0.0533. The first-order chi connectivity index (χ1) is 7.80. The Morgan fingerprint density at radius 2 is 2.06 bits per heavy atom. The van der Waals surface area contributed by atoms with Crippen LogP contribution in [0, 0.1) is 0 Å². The largest absolute Gasteiger partial charge is 0.444 e. The molecular formula is C13H22INO2. The summed E-state index contributed by atoms with van der Waals surface area (Å²) in [5, 5.41) is 2.73. The van der Waals surface area contributed by atoms with Gasteiger partial charge >= 0.3 is 6.09 Å². The number of carbonyl (C=O) groups excluding carboxylic acids is 1. The summed E-state index contributed by atoms with van der Waals surface area (Å²) in [5.41, 5.74) is 0.594. The first-order valence-electron chi connectivity index (χ1n) is 5.77. The number of carbonyl (C=O) groups is 1. The molecule has 0 aromatic carbocycles. The Balaban J connectivity index is 4.30. The standard InChI is InChI=1S/C13H22INO2/c1-6-8-11(14)10(7-2)9-15-12(16)17-13(3,4)5/h7H,2,6,8-9H2,1,3-5H3,(H,15,16)/b11-10-. The monoisotopic (exact) mass is 351 g/mol. The molecule has 0 unspecified atom stereocenters. The summed E-state index contributed by atoms with van der Waals surface area (Å²) in [6.07, 6.45) is 3.49. The number of hydrogen-bond acceptors (Lipinski definition) is 2. The van der Waals surface area contributed by atoms with Gasteiger partial charge in [0.15, 0.2) is 0 Å². The quantitative estimate of drug-likeness (QED) is 0.596. The lowest BCUT2D eigenvalue weighted by Gasteiger charge is -2.20. The van der Waals surface area contributed by atoms with Crippen molar-refractivity contribution in [3.8, 4) is 0 Å². The van der Waals surface area contributed by atoms with E-state index in [0.29, 0.717) is 6.54 Å². The average Bonchev–Trinajstić information content (AvgIpc) is 2.16. The molecule has 0 bridgehead atoms. The van der Waals surface area contributed by atoms with Gasteiger partial charge < -0.3 is 10.1 Å². The van der Waals surface area contributed by atoms with Crippen LogP contribution >= 0.6 is 22.6 Å². The predicted molar refractivity (Wildman–Crippen MR) is 80.4 cm³/mol. The van der Waals surface area contributed by atoms with Gasteiger partial charge in [0.2, 0.25) is 0 Å². The molecule has 0 heterocycles. The number of rotatable bonds is 5. The molecule has 0 radical (unpaired) electrons. The van der Waals surface area contributed by atoms with Crippen LogP contribution in [-0.4, -0.2) is 18.2 Å². The van der Waals surface area contributed by atoms with E-state index in [4.69, 9.17) is 4.74 Å². The molecule has 0 rings (SSSR count). The third-order valence-electron chi connectivity index (χ3n) is 1.89. The first-order valence-corrected chi connectivity index (χ1v) is 6.84. The van der Waals surface area contributed by atoms with Gasteiger partial charge in [0.1, 0.15) is 5.60 Å². The van der Waals surface area contributed by atoms with Crippen molar-refractivity contribution in [1.82, 2.24) is 5.32 Å². The fraction of sp³-hybridized carbons (Fsp3) is 0.615. The summed E-state index contributed by atoms with van der Waals surface area (Å²) < 4.78 is 6.40. The maximum atomic E-state index is 11.5. The average molecular weight is 351 g/mol. The fourth-order valence-electron chi connectivity index (χ4n) is 1.14. The van der Waals surface area contributed by atoms with Crippen molar-refractivity contribution in [2.45, 2.75) is 46.1 Å². The summed E-state index contributed by atoms with van der Waals surface area (Å²) in [6.45, 7) is 11.9. The van der Waals surface area contributed by atoms with Gasteiger partial charge in [-0.2, -0.15) is 0 Å². The van der Waals surface area contributed by atoms with E-state index in [2.05, 4.69) is 41.4 Å². The number of hydrogen-bond donors (Lipinski definition) is 1. The normalized spacial score (nSPS) is 12.8. The number of halogens is 1. The second kappa shape index (κ2) is 7.74. The summed E-state index contributed by atoms with van der Waals surface area (Å²) in [7, 11) is 0. The Morgan fingerprint density at radius 3 is 2.47 bits per heavy atom. The molecule has 0 aliphatic heterocycles. The number of amides is 1. The maximum absolute atomic E-state index is 11.5. The van der Waals surface area contributed by atoms with Gasteiger partial charge in [0.25, 0.3) is 0 Å². The van der Waals surface area contributed by atoms with Gasteiger partial charge in [0, 0.05) is 6.54 Å². The smallest absolute Gasteiger partial charge is 0.407 e. The molecule has 17 heavy (non-hydrogen) atoms. The fourth-order valence-corrected chi connectivity index (χ4v) is 2.09. The van der Waals surface area contributed by atoms with E-state index >= 15 is 0 Å². The van der Waals surface area contributed by atoms with Crippen molar-refractivity contribution in [1.29, 1.82) is 0 Å². The SMILES string of the molecule is C=C/C(CNC(=O)OC(C)(C)C)=C(/I)CCC. The van der Waals surface area contributed by atoms with Gasteiger partial charge in [0.05, 0.1) is 0 Å². The Kier molecular flexibility index (Phi) is 7.50. The van der Waals surface area contributed by atoms with Crippen molar-refractivity contribution in [2.24, 2.45) is 0 Å². The molecule has 0 aromatic heterocycles. The minimum absolute atomic E-state index is 0.391. The predicted octanol–water partition coefficient (Wildman–Crippen LogP) is 4.19. The van der Waals surface area contributed by atoms with E-state index < -0.39 is 11.7 Å². The topological polar surface area (TPSA) is 38.3 Å². The molecule has 0 aromatic rings. The highest BCUT2D eigenvalue weighted by Gasteiger charge is 2.15. The second-order valence-electron chi connectivity index (χ2n) is 4.74. The molecule has 0 aliphatic rings. The maximum Gasteiger partial charge on any atom is 0.407 e. The lowest BCUT2D eigenvalue weighted by Crippen LogP contribution is -2.33. The van der Waals surface area contributed by atoms with E-state index in [1.54, 1.807) is 6.08 Å². The van der Waals surface area contributed by atoms with Crippen LogP contribution in [0.15, 0.2) is 21.8 Å². The first kappa shape index (κ1) is 16.5. The van der Waals surface area contributed by atoms with Crippen LogP contribution in [0.25, 0.3) is 0 Å². The van der Waals surface area contributed by atoms with Crippen molar-refractivity contribution < 1.29 is 9.53 Å². The van der Waals surface area contributed by atoms with Crippen LogP contribution < -0.4 is 5.32 Å². The third kappa shape index (κ3) is 8.24. The van der Waals surface area contributed by atoms with Gasteiger partial charge in [-0.3, -0.25) is 0 Å². The molecule has 3 nitrogen and oxygen atoms in total. The van der Waals surface area contributed by atoms with Crippen LogP contribution in [-0.2, 0) is 4.74 Å². The van der Waals surface area contributed by atoms with Gasteiger partial charge in [-0.1, -0.05) is 26.0 Å². The van der Waals surface area contributed by atoms with Crippen molar-refractivity contribution in [3.63, 3.8) is 0 Å². The zero-order valence-electron chi connectivity index (χ0n) is 11.1. The third-order valence-corrected chi connectivity index (χ3v) is 3.12. The molecule has 0 saturated carbocycles. The van der Waals surface area contributed by atoms with Crippen LogP contribution in [0.5, 0.6) is 0 Å². The number of ether oxygens (including phenoxy) is 1. The number of allylic oxidation sites excluding steroid dienone is 1. The minimum atomic E-state index is -0.460. The van der Waals surface area contributed by atoms with E-state index in [0.717, 1.165) is 18.4 Å². The van der Waals surface area contributed by atoms with E-state index in [9.17, 15) is 4.79 Å². The van der Waals surface area contributed by atoms with E-state index in [1.807, 2.05) is 20.8 Å². The van der Waals surface area contributed by atoms with E-state index in [-0.39, 0.29) is 0 Å². The molecule has 0 fully saturated rings. The summed E-state index contributed by atoms with van der Waals surface area (Å²) in [5.74, 6) is 0. The van der Waals surface area contributed by atoms with Crippen LogP contribution in [0.2, 0.25) is 0 Å². The Labute approximate surface area is 118 Å². The van der Waals surface area contributed by atoms with Crippen molar-refractivity contribution in [3.05, 3.63) is 21.8 Å². The van der Waals surface area contributed by atoms with Gasteiger partial charge in [-0.25, -0.2) is 4.79 Å². The summed E-state index contributed by atoms with van der Waals surface area (Å²) in [4.78, 5) is 11.5. The van der Waals surface area contributed by atoms with Crippen molar-refractivity contribution >= 4 is 28.7 Å². The zero-order valence-corrected chi connectivity index (χ0v) is 13.3. The number of nitrogens with one attached hydrogen (secondary N) is 1. The Bertz CT molecular complexity index is 303. The number of alkyl carbamates (subject to hydrolysis) is 1. The lowest BCUT2D eigenvalue weighted by atomic mass is 10.2. The van der Waals surface area contributed by atoms with E-state index in [1.165, 1.54) is 3.58 Å². The Hall–Kier alpha value is -0.520. The molecule has 1 amide bonds. The molecule has 0 spiro atoms. The van der Waals surface area contributed by atoms with Crippen LogP contribution in [0.1, 0.15) is 40.5 Å². The van der Waals surface area contributed by atoms with Crippen LogP contribution in [0.3, 0.4) is 0 Å². The second-order valence-corrected chi connectivity index (χ2v) is 6.04. The zero-order chi connectivity index (χ0) is 13.5.